The molecule has 0 bridgehead atoms. The van der Waals surface area contributed by atoms with Gasteiger partial charge in [0.1, 0.15) is 0 Å². The first-order chi connectivity index (χ1) is 6.25. The average molecular weight is 173 g/mol. The lowest BCUT2D eigenvalue weighted by Gasteiger charge is -1.99. The molecule has 1 aromatic heterocycles. The fourth-order valence-corrected chi connectivity index (χ4v) is 1.05. The van der Waals surface area contributed by atoms with Crippen LogP contribution in [-0.4, -0.2) is 10.8 Å². The van der Waals surface area contributed by atoms with Crippen molar-refractivity contribution in [3.8, 4) is 11.8 Å². The molecule has 2 nitrogen and oxygen atoms in total. The van der Waals surface area contributed by atoms with Crippen LogP contribution in [0.15, 0.2) is 18.5 Å². The quantitative estimate of drug-likeness (QED) is 0.505. The lowest BCUT2D eigenvalue weighted by atomic mass is 10.1. The molecule has 0 radical (unpaired) electrons. The van der Waals surface area contributed by atoms with Crippen LogP contribution < -0.4 is 0 Å². The molecular weight excluding hydrogens is 162 g/mol. The van der Waals surface area contributed by atoms with E-state index in [-0.39, 0.29) is 5.78 Å². The van der Waals surface area contributed by atoms with Crippen LogP contribution in [0.4, 0.5) is 0 Å². The smallest absolute Gasteiger partial charge is 0.175 e. The Morgan fingerprint density at radius 2 is 2.38 bits per heavy atom. The molecule has 66 valence electrons. The topological polar surface area (TPSA) is 30.0 Å². The third-order valence-corrected chi connectivity index (χ3v) is 1.75. The van der Waals surface area contributed by atoms with Crippen molar-refractivity contribution in [2.45, 2.75) is 20.3 Å². The summed E-state index contributed by atoms with van der Waals surface area (Å²) in [5.41, 5.74) is 1.63. The number of ketones is 1. The van der Waals surface area contributed by atoms with E-state index in [1.165, 1.54) is 0 Å². The largest absolute Gasteiger partial charge is 0.293 e. The Morgan fingerprint density at radius 1 is 1.62 bits per heavy atom. The van der Waals surface area contributed by atoms with E-state index in [0.717, 1.165) is 11.1 Å². The fourth-order valence-electron chi connectivity index (χ4n) is 1.05. The highest BCUT2D eigenvalue weighted by Gasteiger charge is 2.05. The Kier molecular flexibility index (Phi) is 3.22. The maximum atomic E-state index is 11.5. The van der Waals surface area contributed by atoms with Crippen molar-refractivity contribution < 1.29 is 4.79 Å². The third kappa shape index (κ3) is 2.41. The van der Waals surface area contributed by atoms with E-state index in [0.29, 0.717) is 6.42 Å². The number of rotatable bonds is 2. The highest BCUT2D eigenvalue weighted by molar-refractivity contribution is 5.98. The van der Waals surface area contributed by atoms with Gasteiger partial charge in [0.25, 0.3) is 0 Å². The van der Waals surface area contributed by atoms with Crippen molar-refractivity contribution >= 4 is 5.78 Å². The van der Waals surface area contributed by atoms with Gasteiger partial charge in [-0.25, -0.2) is 0 Å². The SMILES string of the molecule is CC#CCC(=O)c1ccncc1C. The van der Waals surface area contributed by atoms with Crippen molar-refractivity contribution in [1.82, 2.24) is 4.98 Å². The second kappa shape index (κ2) is 4.42. The van der Waals surface area contributed by atoms with Crippen molar-refractivity contribution in [2.24, 2.45) is 0 Å². The van der Waals surface area contributed by atoms with Crippen LogP contribution in [0.25, 0.3) is 0 Å². The lowest BCUT2D eigenvalue weighted by molar-refractivity contribution is 0.0997. The third-order valence-electron chi connectivity index (χ3n) is 1.75. The number of pyridine rings is 1. The van der Waals surface area contributed by atoms with Crippen LogP contribution in [-0.2, 0) is 0 Å². The summed E-state index contributed by atoms with van der Waals surface area (Å²) in [7, 11) is 0. The Labute approximate surface area is 78.0 Å². The van der Waals surface area contributed by atoms with Gasteiger partial charge in [0.2, 0.25) is 0 Å². The van der Waals surface area contributed by atoms with Gasteiger partial charge in [-0.3, -0.25) is 9.78 Å². The van der Waals surface area contributed by atoms with Gasteiger partial charge in [-0.1, -0.05) is 5.92 Å². The molecule has 0 aliphatic carbocycles. The van der Waals surface area contributed by atoms with Crippen LogP contribution in [0, 0.1) is 18.8 Å². The predicted molar refractivity (Wildman–Crippen MR) is 51.4 cm³/mol. The van der Waals surface area contributed by atoms with E-state index in [1.807, 2.05) is 6.92 Å². The Hall–Kier alpha value is -1.62. The number of aromatic nitrogens is 1. The molecule has 0 aromatic carbocycles. The van der Waals surface area contributed by atoms with E-state index in [1.54, 1.807) is 25.4 Å². The van der Waals surface area contributed by atoms with Crippen molar-refractivity contribution in [2.75, 3.05) is 0 Å². The fraction of sp³-hybridized carbons (Fsp3) is 0.273. The van der Waals surface area contributed by atoms with E-state index >= 15 is 0 Å². The molecule has 0 saturated carbocycles. The molecule has 0 aliphatic heterocycles. The summed E-state index contributed by atoms with van der Waals surface area (Å²) in [5.74, 6) is 5.52. The van der Waals surface area contributed by atoms with Crippen molar-refractivity contribution in [1.29, 1.82) is 0 Å². The average Bonchev–Trinajstić information content (AvgIpc) is 2.15. The molecule has 0 unspecified atom stereocenters. The van der Waals surface area contributed by atoms with E-state index in [9.17, 15) is 4.79 Å². The van der Waals surface area contributed by atoms with Gasteiger partial charge < -0.3 is 0 Å². The highest BCUT2D eigenvalue weighted by atomic mass is 16.1. The number of carbonyl (C=O) groups excluding carboxylic acids is 1. The second-order valence-electron chi connectivity index (χ2n) is 2.72. The van der Waals surface area contributed by atoms with Crippen molar-refractivity contribution in [3.05, 3.63) is 29.6 Å². The van der Waals surface area contributed by atoms with Crippen LogP contribution >= 0.6 is 0 Å². The normalized spacial score (nSPS) is 8.77. The van der Waals surface area contributed by atoms with Crippen LogP contribution in [0.3, 0.4) is 0 Å². The molecule has 0 N–H and O–H groups in total. The van der Waals surface area contributed by atoms with Gasteiger partial charge in [0, 0.05) is 18.0 Å². The van der Waals surface area contributed by atoms with Gasteiger partial charge >= 0.3 is 0 Å². The minimum Gasteiger partial charge on any atom is -0.293 e. The van der Waals surface area contributed by atoms with E-state index < -0.39 is 0 Å². The summed E-state index contributed by atoms with van der Waals surface area (Å²) in [6.07, 6.45) is 3.60. The lowest BCUT2D eigenvalue weighted by Crippen LogP contribution is -2.00. The van der Waals surface area contributed by atoms with E-state index in [2.05, 4.69) is 16.8 Å². The first kappa shape index (κ1) is 9.47. The zero-order chi connectivity index (χ0) is 9.68. The summed E-state index contributed by atoms with van der Waals surface area (Å²) >= 11 is 0. The summed E-state index contributed by atoms with van der Waals surface area (Å²) < 4.78 is 0. The maximum Gasteiger partial charge on any atom is 0.175 e. The second-order valence-corrected chi connectivity index (χ2v) is 2.72. The van der Waals surface area contributed by atoms with Gasteiger partial charge in [0.05, 0.1) is 6.42 Å². The van der Waals surface area contributed by atoms with Crippen LogP contribution in [0.2, 0.25) is 0 Å². The molecule has 1 heterocycles. The number of aryl methyl sites for hydroxylation is 1. The molecule has 0 aliphatic rings. The predicted octanol–water partition coefficient (Wildman–Crippen LogP) is 1.99. The number of nitrogens with zero attached hydrogens (tertiary/aromatic N) is 1. The molecule has 13 heavy (non-hydrogen) atoms. The summed E-state index contributed by atoms with van der Waals surface area (Å²) in [6, 6.07) is 1.73. The van der Waals surface area contributed by atoms with Crippen LogP contribution in [0.1, 0.15) is 29.3 Å². The summed E-state index contributed by atoms with van der Waals surface area (Å²) in [4.78, 5) is 15.4. The Balaban J connectivity index is 2.87. The summed E-state index contributed by atoms with van der Waals surface area (Å²) in [6.45, 7) is 3.60. The summed E-state index contributed by atoms with van der Waals surface area (Å²) in [5, 5.41) is 0. The number of carbonyl (C=O) groups is 1. The zero-order valence-corrected chi connectivity index (χ0v) is 7.79. The minimum atomic E-state index is 0.0641. The molecule has 0 atom stereocenters. The number of Topliss-reactive ketones (excluding diaryl/α,β-unsaturated/α-hetero) is 1. The Bertz CT molecular complexity index is 371. The molecule has 0 spiro atoms. The Morgan fingerprint density at radius 3 is 3.00 bits per heavy atom. The molecule has 0 fully saturated rings. The zero-order valence-electron chi connectivity index (χ0n) is 7.79. The van der Waals surface area contributed by atoms with Gasteiger partial charge in [0.15, 0.2) is 5.78 Å². The molecule has 0 amide bonds. The van der Waals surface area contributed by atoms with Crippen LogP contribution in [0.5, 0.6) is 0 Å². The van der Waals surface area contributed by atoms with Gasteiger partial charge in [-0.05, 0) is 25.5 Å². The molecule has 0 saturated heterocycles. The first-order valence-electron chi connectivity index (χ1n) is 4.09. The maximum absolute atomic E-state index is 11.5. The number of hydrogen-bond donors (Lipinski definition) is 0. The van der Waals surface area contributed by atoms with Gasteiger partial charge in [-0.15, -0.1) is 5.92 Å². The highest BCUT2D eigenvalue weighted by Crippen LogP contribution is 2.07. The molecule has 2 heteroatoms. The van der Waals surface area contributed by atoms with E-state index in [4.69, 9.17) is 0 Å². The van der Waals surface area contributed by atoms with Gasteiger partial charge in [-0.2, -0.15) is 0 Å². The monoisotopic (exact) mass is 173 g/mol. The standard InChI is InChI=1S/C11H11NO/c1-3-4-5-11(13)10-6-7-12-8-9(10)2/h6-8H,5H2,1-2H3. The molecular formula is C11H11NO. The molecule has 1 rings (SSSR count). The molecule has 1 aromatic rings. The van der Waals surface area contributed by atoms with Crippen molar-refractivity contribution in [3.63, 3.8) is 0 Å². The number of hydrogen-bond acceptors (Lipinski definition) is 2. The first-order valence-corrected chi connectivity index (χ1v) is 4.09. The minimum absolute atomic E-state index is 0.0641.